The van der Waals surface area contributed by atoms with Crippen molar-refractivity contribution < 1.29 is 13.2 Å². The molecule has 5 nitrogen and oxygen atoms in total. The second-order valence-electron chi connectivity index (χ2n) is 3.83. The lowest BCUT2D eigenvalue weighted by Crippen LogP contribution is -2.16. The van der Waals surface area contributed by atoms with E-state index in [1.54, 1.807) is 0 Å². The average molecular weight is 278 g/mol. The molecule has 0 bridgehead atoms. The average Bonchev–Trinajstić information content (AvgIpc) is 2.70. The van der Waals surface area contributed by atoms with E-state index in [9.17, 15) is 8.42 Å². The number of hydrogen-bond donors (Lipinski definition) is 1. The minimum atomic E-state index is -2.96. The number of rotatable bonds is 7. The Morgan fingerprint density at radius 3 is 2.88 bits per heavy atom. The van der Waals surface area contributed by atoms with Gasteiger partial charge < -0.3 is 10.5 Å². The number of thiazole rings is 1. The van der Waals surface area contributed by atoms with Crippen molar-refractivity contribution in [3.05, 3.63) is 16.1 Å². The first-order valence-electron chi connectivity index (χ1n) is 5.37. The van der Waals surface area contributed by atoms with Crippen molar-refractivity contribution in [2.75, 3.05) is 18.6 Å². The van der Waals surface area contributed by atoms with Crippen LogP contribution in [-0.2, 0) is 21.2 Å². The molecule has 17 heavy (non-hydrogen) atoms. The Morgan fingerprint density at radius 1 is 1.59 bits per heavy atom. The Balaban J connectivity index is 2.51. The minimum absolute atomic E-state index is 0.0898. The Labute approximate surface area is 106 Å². The SMILES string of the molecule is CCOCc1nc(C(N)CCS(C)(=O)=O)cs1. The molecule has 1 aromatic rings. The van der Waals surface area contributed by atoms with E-state index in [1.165, 1.54) is 17.6 Å². The first kappa shape index (κ1) is 14.6. The minimum Gasteiger partial charge on any atom is -0.375 e. The van der Waals surface area contributed by atoms with Crippen LogP contribution in [-0.4, -0.2) is 32.0 Å². The monoisotopic (exact) mass is 278 g/mol. The maximum absolute atomic E-state index is 11.0. The summed E-state index contributed by atoms with van der Waals surface area (Å²) in [6, 6.07) is -0.323. The second-order valence-corrected chi connectivity index (χ2v) is 7.03. The zero-order valence-electron chi connectivity index (χ0n) is 10.0. The van der Waals surface area contributed by atoms with Gasteiger partial charge in [0, 0.05) is 24.3 Å². The van der Waals surface area contributed by atoms with E-state index in [0.717, 1.165) is 10.7 Å². The third-order valence-electron chi connectivity index (χ3n) is 2.18. The van der Waals surface area contributed by atoms with Gasteiger partial charge in [0.15, 0.2) is 0 Å². The van der Waals surface area contributed by atoms with Gasteiger partial charge >= 0.3 is 0 Å². The van der Waals surface area contributed by atoms with Crippen LogP contribution in [0.3, 0.4) is 0 Å². The van der Waals surface area contributed by atoms with Crippen LogP contribution in [0.4, 0.5) is 0 Å². The number of nitrogens with two attached hydrogens (primary N) is 1. The highest BCUT2D eigenvalue weighted by Crippen LogP contribution is 2.18. The van der Waals surface area contributed by atoms with Crippen LogP contribution in [0.5, 0.6) is 0 Å². The van der Waals surface area contributed by atoms with E-state index in [-0.39, 0.29) is 11.8 Å². The molecular formula is C10H18N2O3S2. The number of sulfone groups is 1. The van der Waals surface area contributed by atoms with Crippen molar-refractivity contribution in [1.82, 2.24) is 4.98 Å². The molecule has 0 saturated carbocycles. The smallest absolute Gasteiger partial charge is 0.147 e. The normalized spacial score (nSPS) is 13.8. The van der Waals surface area contributed by atoms with Crippen LogP contribution < -0.4 is 5.73 Å². The number of ether oxygens (including phenoxy) is 1. The fourth-order valence-corrected chi connectivity index (χ4v) is 2.72. The van der Waals surface area contributed by atoms with Gasteiger partial charge in [0.1, 0.15) is 14.8 Å². The molecule has 1 rings (SSSR count). The molecule has 0 aliphatic rings. The van der Waals surface area contributed by atoms with E-state index in [2.05, 4.69) is 4.98 Å². The molecular weight excluding hydrogens is 260 g/mol. The third-order valence-corrected chi connectivity index (χ3v) is 4.00. The van der Waals surface area contributed by atoms with Crippen LogP contribution in [0.1, 0.15) is 30.1 Å². The van der Waals surface area contributed by atoms with Crippen molar-refractivity contribution >= 4 is 21.2 Å². The molecule has 1 unspecified atom stereocenters. The van der Waals surface area contributed by atoms with Crippen molar-refractivity contribution in [1.29, 1.82) is 0 Å². The highest BCUT2D eigenvalue weighted by atomic mass is 32.2. The molecule has 2 N–H and O–H groups in total. The standard InChI is InChI=1S/C10H18N2O3S2/c1-3-15-6-10-12-9(7-16-10)8(11)4-5-17(2,13)14/h7-8H,3-6,11H2,1-2H3. The van der Waals surface area contributed by atoms with Crippen LogP contribution >= 0.6 is 11.3 Å². The maximum atomic E-state index is 11.0. The van der Waals surface area contributed by atoms with Crippen LogP contribution in [0, 0.1) is 0 Å². The summed E-state index contributed by atoms with van der Waals surface area (Å²) in [4.78, 5) is 4.32. The topological polar surface area (TPSA) is 82.3 Å². The van der Waals surface area contributed by atoms with Crippen molar-refractivity contribution in [2.24, 2.45) is 5.73 Å². The fourth-order valence-electron chi connectivity index (χ4n) is 1.24. The molecule has 0 spiro atoms. The highest BCUT2D eigenvalue weighted by molar-refractivity contribution is 7.90. The van der Waals surface area contributed by atoms with Gasteiger partial charge in [-0.25, -0.2) is 13.4 Å². The lowest BCUT2D eigenvalue weighted by atomic mass is 10.2. The fraction of sp³-hybridized carbons (Fsp3) is 0.700. The summed E-state index contributed by atoms with van der Waals surface area (Å²) in [5.74, 6) is 0.0898. The number of hydrogen-bond acceptors (Lipinski definition) is 6. The molecule has 0 saturated heterocycles. The van der Waals surface area contributed by atoms with Crippen LogP contribution in [0.2, 0.25) is 0 Å². The van der Waals surface area contributed by atoms with Gasteiger partial charge in [-0.05, 0) is 13.3 Å². The molecule has 0 aromatic carbocycles. The second kappa shape index (κ2) is 6.44. The molecule has 0 aliphatic carbocycles. The number of aromatic nitrogens is 1. The third kappa shape index (κ3) is 5.58. The molecule has 98 valence electrons. The van der Waals surface area contributed by atoms with E-state index in [1.807, 2.05) is 12.3 Å². The zero-order valence-corrected chi connectivity index (χ0v) is 11.7. The Kier molecular flexibility index (Phi) is 5.51. The first-order valence-corrected chi connectivity index (χ1v) is 8.31. The van der Waals surface area contributed by atoms with Gasteiger partial charge in [-0.1, -0.05) is 0 Å². The molecule has 1 aromatic heterocycles. The van der Waals surface area contributed by atoms with Crippen LogP contribution in [0.25, 0.3) is 0 Å². The first-order chi connectivity index (χ1) is 7.92. The molecule has 7 heteroatoms. The molecule has 0 fully saturated rings. The quantitative estimate of drug-likeness (QED) is 0.808. The molecule has 0 radical (unpaired) electrons. The van der Waals surface area contributed by atoms with Crippen molar-refractivity contribution in [3.8, 4) is 0 Å². The molecule has 1 atom stereocenters. The predicted molar refractivity (Wildman–Crippen MR) is 68.7 cm³/mol. The zero-order chi connectivity index (χ0) is 12.9. The molecule has 0 amide bonds. The summed E-state index contributed by atoms with van der Waals surface area (Å²) < 4.78 is 27.3. The van der Waals surface area contributed by atoms with Gasteiger partial charge in [-0.3, -0.25) is 0 Å². The van der Waals surface area contributed by atoms with Crippen LogP contribution in [0.15, 0.2) is 5.38 Å². The molecule has 0 aliphatic heterocycles. The van der Waals surface area contributed by atoms with E-state index in [4.69, 9.17) is 10.5 Å². The summed E-state index contributed by atoms with van der Waals surface area (Å²) in [6.45, 7) is 3.06. The predicted octanol–water partition coefficient (Wildman–Crippen LogP) is 1.11. The summed E-state index contributed by atoms with van der Waals surface area (Å²) in [5, 5.41) is 2.73. The Hall–Kier alpha value is -0.500. The van der Waals surface area contributed by atoms with E-state index in [0.29, 0.717) is 19.6 Å². The largest absolute Gasteiger partial charge is 0.375 e. The summed E-state index contributed by atoms with van der Waals surface area (Å²) in [7, 11) is -2.96. The lowest BCUT2D eigenvalue weighted by Gasteiger charge is -2.07. The van der Waals surface area contributed by atoms with Gasteiger partial charge in [0.25, 0.3) is 0 Å². The van der Waals surface area contributed by atoms with Gasteiger partial charge in [0.05, 0.1) is 18.1 Å². The maximum Gasteiger partial charge on any atom is 0.147 e. The summed E-state index contributed by atoms with van der Waals surface area (Å²) >= 11 is 1.49. The van der Waals surface area contributed by atoms with Crippen molar-refractivity contribution in [2.45, 2.75) is 26.0 Å². The van der Waals surface area contributed by atoms with Gasteiger partial charge in [-0.2, -0.15) is 0 Å². The van der Waals surface area contributed by atoms with E-state index >= 15 is 0 Å². The summed E-state index contributed by atoms with van der Waals surface area (Å²) in [5.41, 5.74) is 6.63. The van der Waals surface area contributed by atoms with Gasteiger partial charge in [0.2, 0.25) is 0 Å². The van der Waals surface area contributed by atoms with E-state index < -0.39 is 9.84 Å². The van der Waals surface area contributed by atoms with Gasteiger partial charge in [-0.15, -0.1) is 11.3 Å². The Morgan fingerprint density at radius 2 is 2.29 bits per heavy atom. The number of nitrogens with zero attached hydrogens (tertiary/aromatic N) is 1. The summed E-state index contributed by atoms with van der Waals surface area (Å²) in [6.07, 6.45) is 1.61. The Bertz CT molecular complexity index is 442. The lowest BCUT2D eigenvalue weighted by molar-refractivity contribution is 0.133. The highest BCUT2D eigenvalue weighted by Gasteiger charge is 2.13. The van der Waals surface area contributed by atoms with Crippen molar-refractivity contribution in [3.63, 3.8) is 0 Å². The molecule has 1 heterocycles.